The molecule has 13 aromatic rings. The molecule has 11 aromatic carbocycles. The maximum atomic E-state index is 6.72. The highest BCUT2D eigenvalue weighted by atomic mass is 16.3. The molecule has 0 unspecified atom stereocenters. The van der Waals surface area contributed by atoms with Crippen LogP contribution >= 0.6 is 0 Å². The largest absolute Gasteiger partial charge is 0.455 e. The van der Waals surface area contributed by atoms with Crippen molar-refractivity contribution in [2.75, 3.05) is 4.90 Å². The van der Waals surface area contributed by atoms with E-state index in [1.807, 2.05) is 6.07 Å². The van der Waals surface area contributed by atoms with Gasteiger partial charge in [-0.15, -0.1) is 0 Å². The summed E-state index contributed by atoms with van der Waals surface area (Å²) < 4.78 is 9.16. The molecular formula is C66H44N2O. The van der Waals surface area contributed by atoms with E-state index in [4.69, 9.17) is 4.42 Å². The van der Waals surface area contributed by atoms with Gasteiger partial charge in [0.15, 0.2) is 0 Å². The van der Waals surface area contributed by atoms with Crippen molar-refractivity contribution < 1.29 is 4.42 Å². The Balaban J connectivity index is 1.03. The molecule has 0 radical (unpaired) electrons. The van der Waals surface area contributed by atoms with Gasteiger partial charge in [0.05, 0.1) is 28.1 Å². The number of furan rings is 1. The molecule has 0 N–H and O–H groups in total. The van der Waals surface area contributed by atoms with E-state index in [0.29, 0.717) is 0 Å². The van der Waals surface area contributed by atoms with Crippen LogP contribution in [0.2, 0.25) is 0 Å². The number of aromatic nitrogens is 1. The number of fused-ring (bicyclic) bond motifs is 6. The minimum absolute atomic E-state index is 0.876. The molecule has 3 heteroatoms. The van der Waals surface area contributed by atoms with Crippen LogP contribution in [0.15, 0.2) is 271 Å². The van der Waals surface area contributed by atoms with Crippen LogP contribution < -0.4 is 4.90 Å². The Morgan fingerprint density at radius 3 is 1.45 bits per heavy atom. The molecule has 324 valence electrons. The van der Waals surface area contributed by atoms with Crippen LogP contribution in [0.25, 0.3) is 105 Å². The van der Waals surface area contributed by atoms with Crippen molar-refractivity contribution >= 4 is 60.8 Å². The second-order valence-corrected chi connectivity index (χ2v) is 17.6. The molecule has 0 aliphatic carbocycles. The van der Waals surface area contributed by atoms with Crippen LogP contribution in [-0.4, -0.2) is 4.57 Å². The SMILES string of the molecule is c1ccc(-c2ccc(-c3ccc(N(c4ccccc4-c4ccccc4-c4ccccc4)c4ccccc4-c4cccc5c4oc4ccccc45)cc3)c(-n3c4ccccc4c4ccccc43)c2)cc1. The molecule has 0 aliphatic rings. The topological polar surface area (TPSA) is 21.3 Å². The molecule has 0 saturated carbocycles. The highest BCUT2D eigenvalue weighted by Gasteiger charge is 2.24. The number of para-hydroxylation sites is 6. The Morgan fingerprint density at radius 2 is 0.768 bits per heavy atom. The van der Waals surface area contributed by atoms with E-state index in [1.165, 1.54) is 44.1 Å². The lowest BCUT2D eigenvalue weighted by Gasteiger charge is -2.30. The van der Waals surface area contributed by atoms with Crippen LogP contribution in [0, 0.1) is 0 Å². The van der Waals surface area contributed by atoms with Gasteiger partial charge in [0.1, 0.15) is 11.2 Å². The predicted octanol–water partition coefficient (Wildman–Crippen LogP) is 18.5. The zero-order valence-corrected chi connectivity index (χ0v) is 37.7. The van der Waals surface area contributed by atoms with Crippen molar-refractivity contribution in [3.63, 3.8) is 0 Å². The molecule has 13 rings (SSSR count). The van der Waals surface area contributed by atoms with Gasteiger partial charge in [-0.3, -0.25) is 0 Å². The number of nitrogens with zero attached hydrogens (tertiary/aromatic N) is 2. The van der Waals surface area contributed by atoms with Gasteiger partial charge in [-0.1, -0.05) is 218 Å². The van der Waals surface area contributed by atoms with Gasteiger partial charge >= 0.3 is 0 Å². The number of hydrogen-bond donors (Lipinski definition) is 0. The van der Waals surface area contributed by atoms with E-state index >= 15 is 0 Å². The van der Waals surface area contributed by atoms with E-state index in [-0.39, 0.29) is 0 Å². The van der Waals surface area contributed by atoms with Crippen molar-refractivity contribution in [2.24, 2.45) is 0 Å². The highest BCUT2D eigenvalue weighted by molar-refractivity contribution is 6.12. The van der Waals surface area contributed by atoms with E-state index in [9.17, 15) is 0 Å². The Morgan fingerprint density at radius 1 is 0.290 bits per heavy atom. The molecule has 0 amide bonds. The fourth-order valence-electron chi connectivity index (χ4n) is 10.5. The lowest BCUT2D eigenvalue weighted by molar-refractivity contribution is 0.670. The van der Waals surface area contributed by atoms with Gasteiger partial charge in [-0.2, -0.15) is 0 Å². The standard InChI is InChI=1S/C66H44N2O/c1-3-20-45(21-4-1)48-40-43-51(64(44-48)68-62-35-16-10-27-54(62)55-28-11-17-36-63(55)68)47-38-41-49(42-39-47)67(60-33-14-9-26-53(60)52-25-8-7-24-50(52)46-22-5-2-6-23-46)61-34-15-12-29-56(61)58-31-19-32-59-57-30-13-18-37-65(57)69-66(58)59/h1-44H. The minimum Gasteiger partial charge on any atom is -0.455 e. The fraction of sp³-hybridized carbons (Fsp3) is 0. The molecule has 69 heavy (non-hydrogen) atoms. The zero-order valence-electron chi connectivity index (χ0n) is 37.7. The maximum Gasteiger partial charge on any atom is 0.143 e. The van der Waals surface area contributed by atoms with Crippen LogP contribution in [0.3, 0.4) is 0 Å². The van der Waals surface area contributed by atoms with Crippen LogP contribution in [0.5, 0.6) is 0 Å². The van der Waals surface area contributed by atoms with E-state index in [0.717, 1.165) is 78.1 Å². The average molecular weight is 881 g/mol. The van der Waals surface area contributed by atoms with Crippen molar-refractivity contribution in [3.8, 4) is 61.3 Å². The molecule has 0 spiro atoms. The van der Waals surface area contributed by atoms with Crippen molar-refractivity contribution in [1.82, 2.24) is 4.57 Å². The average Bonchev–Trinajstić information content (AvgIpc) is 3.98. The molecule has 0 bridgehead atoms. The highest BCUT2D eigenvalue weighted by Crippen LogP contribution is 2.48. The predicted molar refractivity (Wildman–Crippen MR) is 290 cm³/mol. The second-order valence-electron chi connectivity index (χ2n) is 17.6. The maximum absolute atomic E-state index is 6.72. The summed E-state index contributed by atoms with van der Waals surface area (Å²) in [6.45, 7) is 0. The van der Waals surface area contributed by atoms with Crippen LogP contribution in [-0.2, 0) is 0 Å². The first kappa shape index (κ1) is 40.1. The zero-order chi connectivity index (χ0) is 45.7. The van der Waals surface area contributed by atoms with E-state index in [1.54, 1.807) is 0 Å². The first-order chi connectivity index (χ1) is 34.3. The van der Waals surface area contributed by atoms with Crippen LogP contribution in [0.4, 0.5) is 17.1 Å². The fourth-order valence-corrected chi connectivity index (χ4v) is 10.5. The lowest BCUT2D eigenvalue weighted by Crippen LogP contribution is -2.12. The molecule has 0 saturated heterocycles. The molecule has 2 heterocycles. The van der Waals surface area contributed by atoms with Gasteiger partial charge in [0.2, 0.25) is 0 Å². The third kappa shape index (κ3) is 6.91. The number of rotatable bonds is 9. The Hall–Kier alpha value is -9.18. The second kappa shape index (κ2) is 16.9. The smallest absolute Gasteiger partial charge is 0.143 e. The molecule has 2 aromatic heterocycles. The van der Waals surface area contributed by atoms with Gasteiger partial charge in [0.25, 0.3) is 0 Å². The van der Waals surface area contributed by atoms with E-state index in [2.05, 4.69) is 270 Å². The Labute approximate surface area is 401 Å². The Bertz CT molecular complexity index is 3960. The van der Waals surface area contributed by atoms with Gasteiger partial charge in [-0.05, 0) is 81.9 Å². The monoisotopic (exact) mass is 880 g/mol. The molecule has 0 fully saturated rings. The van der Waals surface area contributed by atoms with Gasteiger partial charge < -0.3 is 13.9 Å². The summed E-state index contributed by atoms with van der Waals surface area (Å²) in [7, 11) is 0. The third-order valence-electron chi connectivity index (χ3n) is 13.6. The molecule has 3 nitrogen and oxygen atoms in total. The molecular weight excluding hydrogens is 837 g/mol. The lowest BCUT2D eigenvalue weighted by atomic mass is 9.92. The molecule has 0 aliphatic heterocycles. The van der Waals surface area contributed by atoms with Crippen molar-refractivity contribution in [3.05, 3.63) is 267 Å². The molecule has 0 atom stereocenters. The van der Waals surface area contributed by atoms with Gasteiger partial charge in [0, 0.05) is 49.5 Å². The summed E-state index contributed by atoms with van der Waals surface area (Å²) in [6.07, 6.45) is 0. The normalized spacial score (nSPS) is 11.5. The Kier molecular flexibility index (Phi) is 9.84. The summed E-state index contributed by atoms with van der Waals surface area (Å²) in [6, 6.07) is 96.1. The quantitative estimate of drug-likeness (QED) is 0.144. The summed E-state index contributed by atoms with van der Waals surface area (Å²) in [5, 5.41) is 4.68. The van der Waals surface area contributed by atoms with Crippen molar-refractivity contribution in [1.29, 1.82) is 0 Å². The first-order valence-corrected chi connectivity index (χ1v) is 23.6. The summed E-state index contributed by atoms with van der Waals surface area (Å²) >= 11 is 0. The van der Waals surface area contributed by atoms with E-state index < -0.39 is 0 Å². The van der Waals surface area contributed by atoms with Crippen LogP contribution in [0.1, 0.15) is 0 Å². The van der Waals surface area contributed by atoms with Crippen molar-refractivity contribution in [2.45, 2.75) is 0 Å². The van der Waals surface area contributed by atoms with Gasteiger partial charge in [-0.25, -0.2) is 0 Å². The summed E-state index contributed by atoms with van der Waals surface area (Å²) in [4.78, 5) is 2.43. The number of benzene rings is 11. The number of hydrogen-bond acceptors (Lipinski definition) is 2. The first-order valence-electron chi connectivity index (χ1n) is 23.6. The third-order valence-corrected chi connectivity index (χ3v) is 13.6. The summed E-state index contributed by atoms with van der Waals surface area (Å²) in [5.74, 6) is 0. The minimum atomic E-state index is 0.876. The number of anilines is 3. The summed E-state index contributed by atoms with van der Waals surface area (Å²) in [5.41, 5.74) is 19.8.